The van der Waals surface area contributed by atoms with Crippen LogP contribution in [0.2, 0.25) is 0 Å². The van der Waals surface area contributed by atoms with Crippen molar-refractivity contribution in [2.45, 2.75) is 181 Å². The second kappa shape index (κ2) is 23.2. The van der Waals surface area contributed by atoms with Gasteiger partial charge in [0.05, 0.1) is 27.8 Å². The molecular weight excluding hydrogens is 1270 g/mol. The van der Waals surface area contributed by atoms with Gasteiger partial charge in [-0.25, -0.2) is 0 Å². The van der Waals surface area contributed by atoms with Gasteiger partial charge in [-0.05, 0) is 249 Å². The van der Waals surface area contributed by atoms with E-state index in [4.69, 9.17) is 0 Å². The first kappa shape index (κ1) is 66.8. The van der Waals surface area contributed by atoms with Crippen LogP contribution >= 0.6 is 0 Å². The number of nitrogens with zero attached hydrogens (tertiary/aromatic N) is 4. The highest BCUT2D eigenvalue weighted by molar-refractivity contribution is 7.00. The summed E-state index contributed by atoms with van der Waals surface area (Å²) < 4.78 is 5.13. The zero-order valence-electron chi connectivity index (χ0n) is 64.8. The highest BCUT2D eigenvalue weighted by Gasteiger charge is 2.46. The summed E-state index contributed by atoms with van der Waals surface area (Å²) in [6, 6.07) is 95.6. The SMILES string of the molecule is CC(C)(C)c1ccc2c(c1)c1ccccc1n2-c1ccc2c(c1)N(c1ccc(-c3ccc4c(c3)C(C)(C)CCC4(C)C)cc1)c1cc(-n3c4ccc(C(C)(C)C)cc4c4cc(C(C)(C)C)ccc43)cc3c1B2c1cc(-c2ccccc2)ccc1N3c1ccc(-c2ccc3c(c2)C(C)(C)CCC3(C)C)cc1. The lowest BCUT2D eigenvalue weighted by atomic mass is 9.33. The molecule has 18 rings (SSSR count). The summed E-state index contributed by atoms with van der Waals surface area (Å²) in [6.07, 6.45) is 4.71. The van der Waals surface area contributed by atoms with Crippen molar-refractivity contribution < 1.29 is 0 Å². The number of fused-ring (bicyclic) bond motifs is 12. The van der Waals surface area contributed by atoms with E-state index in [2.05, 4.69) is 379 Å². The van der Waals surface area contributed by atoms with Gasteiger partial charge in [-0.2, -0.15) is 0 Å². The van der Waals surface area contributed by atoms with Crippen molar-refractivity contribution in [3.05, 3.63) is 282 Å². The molecule has 0 atom stereocenters. The lowest BCUT2D eigenvalue weighted by Gasteiger charge is -2.44. The van der Waals surface area contributed by atoms with Crippen LogP contribution in [-0.4, -0.2) is 15.8 Å². The Morgan fingerprint density at radius 2 is 0.638 bits per heavy atom. The Morgan fingerprint density at radius 3 is 1.12 bits per heavy atom. The lowest BCUT2D eigenvalue weighted by molar-refractivity contribution is 0.332. The maximum absolute atomic E-state index is 2.65. The molecule has 2 aromatic heterocycles. The Kier molecular flexibility index (Phi) is 14.8. The van der Waals surface area contributed by atoms with E-state index in [1.807, 2.05) is 0 Å². The van der Waals surface area contributed by atoms with Crippen LogP contribution in [0.1, 0.15) is 182 Å². The Balaban J connectivity index is 0.932. The minimum atomic E-state index is -0.168. The molecule has 4 heterocycles. The van der Waals surface area contributed by atoms with E-state index in [0.717, 1.165) is 34.1 Å². The monoisotopic (exact) mass is 1370 g/mol. The fraction of sp³-hybridized carbons (Fsp3) is 0.280. The van der Waals surface area contributed by atoms with Gasteiger partial charge in [0.25, 0.3) is 6.71 Å². The molecular formula is C100H99BN4. The van der Waals surface area contributed by atoms with Gasteiger partial charge in [-0.15, -0.1) is 0 Å². The Morgan fingerprint density at radius 1 is 0.267 bits per heavy atom. The van der Waals surface area contributed by atoms with Gasteiger partial charge in [-0.3, -0.25) is 0 Å². The van der Waals surface area contributed by atoms with Crippen LogP contribution in [0.15, 0.2) is 243 Å². The molecule has 14 aromatic rings. The van der Waals surface area contributed by atoms with E-state index in [1.54, 1.807) is 0 Å². The number of rotatable bonds is 7. The van der Waals surface area contributed by atoms with Gasteiger partial charge < -0.3 is 18.9 Å². The predicted molar refractivity (Wildman–Crippen MR) is 452 cm³/mol. The molecule has 0 bridgehead atoms. The Bertz CT molecular complexity index is 5840. The molecule has 522 valence electrons. The predicted octanol–water partition coefficient (Wildman–Crippen LogP) is 25.6. The third kappa shape index (κ3) is 10.7. The first-order valence-electron chi connectivity index (χ1n) is 38.7. The topological polar surface area (TPSA) is 16.3 Å². The molecule has 0 radical (unpaired) electrons. The minimum absolute atomic E-state index is 0.0192. The average Bonchev–Trinajstić information content (AvgIpc) is 1.18. The van der Waals surface area contributed by atoms with Gasteiger partial charge in [0.2, 0.25) is 0 Å². The summed E-state index contributed by atoms with van der Waals surface area (Å²) in [5, 5.41) is 5.06. The van der Waals surface area contributed by atoms with E-state index in [9.17, 15) is 0 Å². The highest BCUT2D eigenvalue weighted by atomic mass is 15.2. The summed E-state index contributed by atoms with van der Waals surface area (Å²) in [6.45, 7) is 40.4. The maximum Gasteiger partial charge on any atom is 0.252 e. The van der Waals surface area contributed by atoms with Crippen molar-refractivity contribution in [1.29, 1.82) is 0 Å². The molecule has 0 amide bonds. The highest BCUT2D eigenvalue weighted by Crippen LogP contribution is 2.52. The Labute approximate surface area is 623 Å². The molecule has 4 aliphatic rings. The van der Waals surface area contributed by atoms with Crippen molar-refractivity contribution >= 4 is 101 Å². The fourth-order valence-corrected chi connectivity index (χ4v) is 18.7. The molecule has 0 spiro atoms. The number of para-hydroxylation sites is 1. The van der Waals surface area contributed by atoms with Crippen molar-refractivity contribution in [3.63, 3.8) is 0 Å². The molecule has 0 unspecified atom stereocenters. The first-order valence-corrected chi connectivity index (χ1v) is 38.7. The average molecular weight is 1370 g/mol. The number of benzene rings is 12. The van der Waals surface area contributed by atoms with E-state index < -0.39 is 0 Å². The second-order valence-electron chi connectivity index (χ2n) is 37.2. The van der Waals surface area contributed by atoms with Crippen LogP contribution in [0.3, 0.4) is 0 Å². The smallest absolute Gasteiger partial charge is 0.252 e. The Hall–Kier alpha value is -10.1. The second-order valence-corrected chi connectivity index (χ2v) is 37.2. The molecule has 12 aromatic carbocycles. The summed E-state index contributed by atoms with van der Waals surface area (Å²) in [5.41, 5.74) is 35.2. The van der Waals surface area contributed by atoms with E-state index in [0.29, 0.717) is 0 Å². The molecule has 0 fully saturated rings. The number of anilines is 6. The largest absolute Gasteiger partial charge is 0.311 e. The van der Waals surface area contributed by atoms with Crippen molar-refractivity contribution in [3.8, 4) is 44.8 Å². The summed E-state index contributed by atoms with van der Waals surface area (Å²) in [7, 11) is 0. The number of aromatic nitrogens is 2. The van der Waals surface area contributed by atoms with Gasteiger partial charge in [0, 0.05) is 61.4 Å². The zero-order chi connectivity index (χ0) is 73.0. The third-order valence-electron chi connectivity index (χ3n) is 25.3. The standard InChI is InChI=1S/C100H99BN4/c1-94(2,3)68-34-46-86-76(56-68)75-25-21-22-26-85(75)104(86)73-41-44-83-90(59-73)103(72-39-29-64(30-40-72)66-32-43-80-82(54-66)100(16,17)52-50-98(80,12)13)92-61-74(105-87-47-35-69(95(4,5)6)57-77(87)78-58-70(96(7,8)9)36-48-88(78)105)60-91-93(92)101(83)84-55-67(62-23-19-18-20-24-62)33-45-89(84)102(91)71-37-27-63(28-38-71)65-31-42-79-81(53-65)99(14,15)51-49-97(79,10)11/h18-48,53-61H,49-52H2,1-17H3. The van der Waals surface area contributed by atoms with Crippen LogP contribution in [0, 0.1) is 0 Å². The lowest BCUT2D eigenvalue weighted by Crippen LogP contribution is -2.61. The molecule has 4 nitrogen and oxygen atoms in total. The van der Waals surface area contributed by atoms with Gasteiger partial charge in [0.15, 0.2) is 0 Å². The normalized spacial score (nSPS) is 16.3. The van der Waals surface area contributed by atoms with Gasteiger partial charge >= 0.3 is 0 Å². The number of hydrogen-bond donors (Lipinski definition) is 0. The minimum Gasteiger partial charge on any atom is -0.311 e. The van der Waals surface area contributed by atoms with Crippen LogP contribution < -0.4 is 26.2 Å². The van der Waals surface area contributed by atoms with E-state index in [-0.39, 0.29) is 44.6 Å². The fourth-order valence-electron chi connectivity index (χ4n) is 18.7. The maximum atomic E-state index is 2.65. The molecule has 2 aliphatic heterocycles. The molecule has 0 saturated carbocycles. The van der Waals surface area contributed by atoms with Crippen molar-refractivity contribution in [2.75, 3.05) is 9.80 Å². The van der Waals surface area contributed by atoms with Crippen LogP contribution in [0.25, 0.3) is 88.4 Å². The van der Waals surface area contributed by atoms with Gasteiger partial charge in [-0.1, -0.05) is 263 Å². The molecule has 5 heteroatoms. The number of hydrogen-bond acceptors (Lipinski definition) is 2. The summed E-state index contributed by atoms with van der Waals surface area (Å²) in [4.78, 5) is 5.28. The molecule has 0 saturated heterocycles. The summed E-state index contributed by atoms with van der Waals surface area (Å²) in [5.74, 6) is 0. The molecule has 0 N–H and O–H groups in total. The van der Waals surface area contributed by atoms with E-state index in [1.165, 1.54) is 169 Å². The first-order chi connectivity index (χ1) is 49.9. The van der Waals surface area contributed by atoms with Crippen LogP contribution in [0.4, 0.5) is 34.1 Å². The zero-order valence-corrected chi connectivity index (χ0v) is 64.8. The molecule has 2 aliphatic carbocycles. The molecule has 105 heavy (non-hydrogen) atoms. The van der Waals surface area contributed by atoms with Crippen molar-refractivity contribution in [1.82, 2.24) is 9.13 Å². The quantitative estimate of drug-likeness (QED) is 0.148. The van der Waals surface area contributed by atoms with Crippen LogP contribution in [0.5, 0.6) is 0 Å². The van der Waals surface area contributed by atoms with Crippen molar-refractivity contribution in [2.24, 2.45) is 0 Å². The summed E-state index contributed by atoms with van der Waals surface area (Å²) >= 11 is 0. The van der Waals surface area contributed by atoms with Gasteiger partial charge in [0.1, 0.15) is 0 Å². The van der Waals surface area contributed by atoms with E-state index >= 15 is 0 Å². The third-order valence-corrected chi connectivity index (χ3v) is 25.3. The van der Waals surface area contributed by atoms with Crippen LogP contribution in [-0.2, 0) is 37.9 Å².